The lowest BCUT2D eigenvalue weighted by Gasteiger charge is -2.24. The first-order valence-electron chi connectivity index (χ1n) is 13.5. The van der Waals surface area contributed by atoms with E-state index in [1.165, 1.54) is 43.2 Å². The highest BCUT2D eigenvalue weighted by molar-refractivity contribution is 6.00. The molecule has 188 valence electrons. The van der Waals surface area contributed by atoms with E-state index in [1.54, 1.807) is 0 Å². The molecule has 2 aliphatic carbocycles. The SMILES string of the molecule is C=C(Nc1cncc(-c2ccc3[nH]nc(-c4cc5c(C6=CCC=C6)ccnc5[nH]4)c3c2)c1)C1CCCCC1. The Morgan fingerprint density at radius 1 is 0.974 bits per heavy atom. The molecule has 1 saturated carbocycles. The van der Waals surface area contributed by atoms with Crippen molar-refractivity contribution in [1.29, 1.82) is 0 Å². The molecule has 1 aromatic carbocycles. The van der Waals surface area contributed by atoms with Crippen molar-refractivity contribution in [2.24, 2.45) is 5.92 Å². The lowest BCUT2D eigenvalue weighted by atomic mass is 9.87. The zero-order valence-corrected chi connectivity index (χ0v) is 21.3. The predicted octanol–water partition coefficient (Wildman–Crippen LogP) is 8.02. The monoisotopic (exact) mass is 498 g/mol. The van der Waals surface area contributed by atoms with Crippen LogP contribution in [0.1, 0.15) is 44.1 Å². The number of benzene rings is 1. The highest BCUT2D eigenvalue weighted by atomic mass is 15.1. The number of H-pyrrole nitrogens is 2. The Hall–Kier alpha value is -4.45. The fraction of sp³-hybridized carbons (Fsp3) is 0.219. The molecule has 0 atom stereocenters. The van der Waals surface area contributed by atoms with Gasteiger partial charge < -0.3 is 10.3 Å². The van der Waals surface area contributed by atoms with Crippen LogP contribution in [0.3, 0.4) is 0 Å². The van der Waals surface area contributed by atoms with Gasteiger partial charge in [0.2, 0.25) is 0 Å². The number of hydrogen-bond acceptors (Lipinski definition) is 4. The van der Waals surface area contributed by atoms with E-state index < -0.39 is 0 Å². The molecule has 3 N–H and O–H groups in total. The Kier molecular flexibility index (Phi) is 5.65. The second-order valence-corrected chi connectivity index (χ2v) is 10.4. The molecule has 4 heterocycles. The summed E-state index contributed by atoms with van der Waals surface area (Å²) in [5, 5.41) is 13.6. The van der Waals surface area contributed by atoms with Crippen molar-refractivity contribution in [2.75, 3.05) is 5.32 Å². The first-order chi connectivity index (χ1) is 18.7. The van der Waals surface area contributed by atoms with Gasteiger partial charge in [0.25, 0.3) is 0 Å². The molecule has 0 unspecified atom stereocenters. The molecule has 6 heteroatoms. The number of fused-ring (bicyclic) bond motifs is 2. The van der Waals surface area contributed by atoms with Gasteiger partial charge in [0.1, 0.15) is 11.3 Å². The van der Waals surface area contributed by atoms with E-state index in [0.717, 1.165) is 62.3 Å². The predicted molar refractivity (Wildman–Crippen MR) is 155 cm³/mol. The lowest BCUT2D eigenvalue weighted by Crippen LogP contribution is -2.14. The maximum absolute atomic E-state index is 4.68. The van der Waals surface area contributed by atoms with Gasteiger partial charge in [-0.2, -0.15) is 5.10 Å². The van der Waals surface area contributed by atoms with Crippen molar-refractivity contribution in [3.8, 4) is 22.5 Å². The van der Waals surface area contributed by atoms with Crippen molar-refractivity contribution in [1.82, 2.24) is 25.1 Å². The molecule has 6 nitrogen and oxygen atoms in total. The Balaban J connectivity index is 1.22. The summed E-state index contributed by atoms with van der Waals surface area (Å²) in [5.41, 5.74) is 10.4. The first kappa shape index (κ1) is 22.7. The number of aromatic amines is 2. The molecule has 0 aliphatic heterocycles. The maximum atomic E-state index is 4.68. The van der Waals surface area contributed by atoms with Crippen LogP contribution in [0, 0.1) is 5.92 Å². The molecular formula is C32H30N6. The summed E-state index contributed by atoms with van der Waals surface area (Å²) in [7, 11) is 0. The third-order valence-electron chi connectivity index (χ3n) is 7.91. The number of allylic oxidation sites excluding steroid dienone is 5. The lowest BCUT2D eigenvalue weighted by molar-refractivity contribution is 0.405. The number of pyridine rings is 2. The minimum atomic E-state index is 0.546. The number of anilines is 1. The van der Waals surface area contributed by atoms with Gasteiger partial charge >= 0.3 is 0 Å². The summed E-state index contributed by atoms with van der Waals surface area (Å²) in [5.74, 6) is 0.546. The zero-order chi connectivity index (χ0) is 25.5. The van der Waals surface area contributed by atoms with Crippen molar-refractivity contribution >= 4 is 33.2 Å². The van der Waals surface area contributed by atoms with E-state index in [0.29, 0.717) is 5.92 Å². The van der Waals surface area contributed by atoms with Crippen LogP contribution in [0.25, 0.3) is 50.0 Å². The highest BCUT2D eigenvalue weighted by Gasteiger charge is 2.18. The normalized spacial score (nSPS) is 15.8. The van der Waals surface area contributed by atoms with Gasteiger partial charge in [-0.25, -0.2) is 4.98 Å². The molecule has 2 aliphatic rings. The van der Waals surface area contributed by atoms with Gasteiger partial charge in [0, 0.05) is 34.4 Å². The summed E-state index contributed by atoms with van der Waals surface area (Å²) in [6.07, 6.45) is 19.6. The average Bonchev–Trinajstić information content (AvgIpc) is 3.73. The fourth-order valence-corrected chi connectivity index (χ4v) is 5.87. The van der Waals surface area contributed by atoms with Gasteiger partial charge in [0.05, 0.1) is 23.1 Å². The average molecular weight is 499 g/mol. The van der Waals surface area contributed by atoms with Gasteiger partial charge in [-0.3, -0.25) is 10.1 Å². The minimum Gasteiger partial charge on any atom is -0.358 e. The Labute approximate surface area is 221 Å². The quantitative estimate of drug-likeness (QED) is 0.221. The summed E-state index contributed by atoms with van der Waals surface area (Å²) in [4.78, 5) is 12.6. The van der Waals surface area contributed by atoms with Crippen LogP contribution in [-0.2, 0) is 0 Å². The molecule has 5 aromatic rings. The fourth-order valence-electron chi connectivity index (χ4n) is 5.87. The third-order valence-corrected chi connectivity index (χ3v) is 7.91. The molecule has 0 spiro atoms. The number of nitrogens with zero attached hydrogens (tertiary/aromatic N) is 3. The molecule has 0 saturated heterocycles. The molecule has 0 amide bonds. The van der Waals surface area contributed by atoms with Crippen molar-refractivity contribution in [3.63, 3.8) is 0 Å². The van der Waals surface area contributed by atoms with Crippen molar-refractivity contribution < 1.29 is 0 Å². The van der Waals surface area contributed by atoms with Gasteiger partial charge in [-0.1, -0.05) is 50.1 Å². The summed E-state index contributed by atoms with van der Waals surface area (Å²) < 4.78 is 0. The molecule has 4 aromatic heterocycles. The molecule has 7 rings (SSSR count). The summed E-state index contributed by atoms with van der Waals surface area (Å²) >= 11 is 0. The van der Waals surface area contributed by atoms with Crippen LogP contribution in [0.15, 0.2) is 85.5 Å². The zero-order valence-electron chi connectivity index (χ0n) is 21.3. The van der Waals surface area contributed by atoms with Crippen LogP contribution in [-0.4, -0.2) is 25.1 Å². The molecule has 1 fully saturated rings. The topological polar surface area (TPSA) is 82.3 Å². The van der Waals surface area contributed by atoms with E-state index in [1.807, 2.05) is 18.6 Å². The number of aromatic nitrogens is 5. The van der Waals surface area contributed by atoms with Crippen LogP contribution >= 0.6 is 0 Å². The third kappa shape index (κ3) is 4.12. The Morgan fingerprint density at radius 3 is 2.76 bits per heavy atom. The van der Waals surface area contributed by atoms with Crippen LogP contribution in [0.4, 0.5) is 5.69 Å². The number of nitrogens with one attached hydrogen (secondary N) is 3. The van der Waals surface area contributed by atoms with Crippen molar-refractivity contribution in [2.45, 2.75) is 38.5 Å². The van der Waals surface area contributed by atoms with Gasteiger partial charge in [-0.05, 0) is 72.2 Å². The largest absolute Gasteiger partial charge is 0.358 e. The second kappa shape index (κ2) is 9.45. The number of hydrogen-bond donors (Lipinski definition) is 3. The summed E-state index contributed by atoms with van der Waals surface area (Å²) in [6, 6.07) is 12.8. The standard InChI is InChI=1S/C32H30N6/c1-20(21-7-3-2-4-8-21)35-25-15-24(18-33-19-25)23-11-12-29-28(16-23)31(38-37-29)30-17-27-26(22-9-5-6-10-22)13-14-34-32(27)36-30/h5,9-19,21,35H,1-4,6-8H2,(H,34,36)(H,37,38). The van der Waals surface area contributed by atoms with E-state index in [2.05, 4.69) is 91.7 Å². The molecule has 0 radical (unpaired) electrons. The van der Waals surface area contributed by atoms with E-state index in [4.69, 9.17) is 0 Å². The van der Waals surface area contributed by atoms with Crippen LogP contribution in [0.5, 0.6) is 0 Å². The van der Waals surface area contributed by atoms with E-state index in [9.17, 15) is 0 Å². The Morgan fingerprint density at radius 2 is 1.89 bits per heavy atom. The minimum absolute atomic E-state index is 0.546. The molecule has 0 bridgehead atoms. The first-order valence-corrected chi connectivity index (χ1v) is 13.5. The van der Waals surface area contributed by atoms with E-state index >= 15 is 0 Å². The number of rotatable bonds is 6. The molecular weight excluding hydrogens is 468 g/mol. The van der Waals surface area contributed by atoms with E-state index in [-0.39, 0.29) is 0 Å². The van der Waals surface area contributed by atoms with Gasteiger partial charge in [0.15, 0.2) is 0 Å². The summed E-state index contributed by atoms with van der Waals surface area (Å²) in [6.45, 7) is 4.34. The van der Waals surface area contributed by atoms with Crippen LogP contribution in [0.2, 0.25) is 0 Å². The van der Waals surface area contributed by atoms with Crippen LogP contribution < -0.4 is 5.32 Å². The highest BCUT2D eigenvalue weighted by Crippen LogP contribution is 2.35. The Bertz CT molecular complexity index is 1730. The maximum Gasteiger partial charge on any atom is 0.138 e. The smallest absolute Gasteiger partial charge is 0.138 e. The molecule has 38 heavy (non-hydrogen) atoms. The van der Waals surface area contributed by atoms with Crippen molar-refractivity contribution in [3.05, 3.63) is 91.1 Å². The second-order valence-electron chi connectivity index (χ2n) is 10.4. The van der Waals surface area contributed by atoms with Gasteiger partial charge in [-0.15, -0.1) is 0 Å².